The van der Waals surface area contributed by atoms with E-state index >= 15 is 0 Å². The number of amides is 1. The second-order valence-corrected chi connectivity index (χ2v) is 3.95. The number of nitrogens with zero attached hydrogens (tertiary/aromatic N) is 3. The summed E-state index contributed by atoms with van der Waals surface area (Å²) >= 11 is 0. The lowest BCUT2D eigenvalue weighted by atomic mass is 10.2. The van der Waals surface area contributed by atoms with Crippen molar-refractivity contribution in [3.8, 4) is 0 Å². The maximum absolute atomic E-state index is 12.2. The van der Waals surface area contributed by atoms with Gasteiger partial charge in [-0.05, 0) is 12.1 Å². The summed E-state index contributed by atoms with van der Waals surface area (Å²) in [6.45, 7) is 0.520. The lowest BCUT2D eigenvalue weighted by Gasteiger charge is -2.16. The van der Waals surface area contributed by atoms with Gasteiger partial charge in [0.15, 0.2) is 0 Å². The highest BCUT2D eigenvalue weighted by Gasteiger charge is 2.12. The number of H-pyrrole nitrogens is 1. The lowest BCUT2D eigenvalue weighted by Crippen LogP contribution is -2.26. The van der Waals surface area contributed by atoms with Crippen LogP contribution in [0.3, 0.4) is 0 Å². The van der Waals surface area contributed by atoms with Gasteiger partial charge in [-0.1, -0.05) is 0 Å². The van der Waals surface area contributed by atoms with Crippen molar-refractivity contribution in [2.24, 2.45) is 0 Å². The Labute approximate surface area is 105 Å². The van der Waals surface area contributed by atoms with Crippen LogP contribution in [0, 0.1) is 0 Å². The van der Waals surface area contributed by atoms with Gasteiger partial charge in [0, 0.05) is 44.2 Å². The molecule has 0 fully saturated rings. The van der Waals surface area contributed by atoms with Crippen molar-refractivity contribution in [3.05, 3.63) is 41.9 Å². The monoisotopic (exact) mass is 245 g/mol. The predicted octanol–water partition coefficient (Wildman–Crippen LogP) is 1.12. The first-order valence-electron chi connectivity index (χ1n) is 5.57. The van der Waals surface area contributed by atoms with Crippen molar-refractivity contribution in [1.82, 2.24) is 20.1 Å². The Kier molecular flexibility index (Phi) is 3.57. The van der Waals surface area contributed by atoms with E-state index in [4.69, 9.17) is 0 Å². The largest absolute Gasteiger partial charge is 0.373 e. The zero-order valence-electron chi connectivity index (χ0n) is 10.3. The van der Waals surface area contributed by atoms with E-state index in [9.17, 15) is 4.79 Å². The van der Waals surface area contributed by atoms with Gasteiger partial charge >= 0.3 is 0 Å². The highest BCUT2D eigenvalue weighted by Crippen LogP contribution is 2.10. The summed E-state index contributed by atoms with van der Waals surface area (Å²) in [5.74, 6) is 0.632. The molecule has 0 aromatic carbocycles. The van der Waals surface area contributed by atoms with E-state index in [1.807, 2.05) is 0 Å². The average molecular weight is 245 g/mol. The molecule has 2 rings (SSSR count). The summed E-state index contributed by atoms with van der Waals surface area (Å²) in [4.78, 5) is 17.9. The molecule has 0 aliphatic heterocycles. The molecule has 2 N–H and O–H groups in total. The van der Waals surface area contributed by atoms with Crippen molar-refractivity contribution in [1.29, 1.82) is 0 Å². The van der Waals surface area contributed by atoms with E-state index in [2.05, 4.69) is 20.5 Å². The Morgan fingerprint density at radius 1 is 1.56 bits per heavy atom. The van der Waals surface area contributed by atoms with Crippen molar-refractivity contribution in [2.45, 2.75) is 6.54 Å². The second-order valence-electron chi connectivity index (χ2n) is 3.95. The molecule has 1 amide bonds. The summed E-state index contributed by atoms with van der Waals surface area (Å²) in [6.07, 6.45) is 5.09. The Morgan fingerprint density at radius 2 is 2.39 bits per heavy atom. The fraction of sp³-hybridized carbons (Fsp3) is 0.250. The van der Waals surface area contributed by atoms with Crippen LogP contribution in [0.25, 0.3) is 0 Å². The third-order valence-electron chi connectivity index (χ3n) is 2.58. The highest BCUT2D eigenvalue weighted by molar-refractivity contribution is 5.94. The zero-order valence-corrected chi connectivity index (χ0v) is 10.3. The van der Waals surface area contributed by atoms with Gasteiger partial charge in [0.05, 0.1) is 6.20 Å². The molecular formula is C12H15N5O. The number of nitrogens with one attached hydrogen (secondary N) is 2. The van der Waals surface area contributed by atoms with Crippen molar-refractivity contribution < 1.29 is 4.79 Å². The first kappa shape index (κ1) is 12.1. The predicted molar refractivity (Wildman–Crippen MR) is 68.2 cm³/mol. The number of aromatic nitrogens is 3. The molecule has 94 valence electrons. The van der Waals surface area contributed by atoms with Gasteiger partial charge in [-0.2, -0.15) is 5.10 Å². The summed E-state index contributed by atoms with van der Waals surface area (Å²) in [7, 11) is 3.53. The van der Waals surface area contributed by atoms with Crippen LogP contribution in [-0.2, 0) is 6.54 Å². The first-order valence-corrected chi connectivity index (χ1v) is 5.57. The molecule has 2 aromatic rings. The SMILES string of the molecule is CNc1cc(C(=O)N(C)Cc2cn[nH]c2)ccn1. The second kappa shape index (κ2) is 5.31. The van der Waals surface area contributed by atoms with E-state index in [0.29, 0.717) is 17.9 Å². The number of hydrogen-bond donors (Lipinski definition) is 2. The Balaban J connectivity index is 2.10. The fourth-order valence-electron chi connectivity index (χ4n) is 1.63. The van der Waals surface area contributed by atoms with Crippen LogP contribution in [0.15, 0.2) is 30.7 Å². The number of hydrogen-bond acceptors (Lipinski definition) is 4. The Bertz CT molecular complexity index is 523. The standard InChI is InChI=1S/C12H15N5O/c1-13-11-5-10(3-4-14-11)12(18)17(2)8-9-6-15-16-7-9/h3-7H,8H2,1-2H3,(H,13,14)(H,15,16). The molecule has 0 atom stereocenters. The highest BCUT2D eigenvalue weighted by atomic mass is 16.2. The molecule has 0 saturated heterocycles. The number of carbonyl (C=O) groups excluding carboxylic acids is 1. The van der Waals surface area contributed by atoms with E-state index in [1.54, 1.807) is 49.7 Å². The van der Waals surface area contributed by atoms with Crippen LogP contribution < -0.4 is 5.32 Å². The van der Waals surface area contributed by atoms with Gasteiger partial charge in [0.1, 0.15) is 5.82 Å². The van der Waals surface area contributed by atoms with Crippen LogP contribution in [-0.4, -0.2) is 40.1 Å². The number of rotatable bonds is 4. The van der Waals surface area contributed by atoms with Gasteiger partial charge < -0.3 is 10.2 Å². The number of carbonyl (C=O) groups is 1. The van der Waals surface area contributed by atoms with Crippen LogP contribution in [0.1, 0.15) is 15.9 Å². The minimum atomic E-state index is -0.0462. The molecule has 18 heavy (non-hydrogen) atoms. The van der Waals surface area contributed by atoms with Gasteiger partial charge in [-0.25, -0.2) is 4.98 Å². The first-order chi connectivity index (χ1) is 8.70. The van der Waals surface area contributed by atoms with Gasteiger partial charge in [0.25, 0.3) is 5.91 Å². The van der Waals surface area contributed by atoms with E-state index in [-0.39, 0.29) is 5.91 Å². The number of aromatic amines is 1. The van der Waals surface area contributed by atoms with Crippen molar-refractivity contribution >= 4 is 11.7 Å². The maximum atomic E-state index is 12.2. The summed E-state index contributed by atoms with van der Waals surface area (Å²) in [5, 5.41) is 9.49. The molecule has 6 nitrogen and oxygen atoms in total. The number of anilines is 1. The quantitative estimate of drug-likeness (QED) is 0.846. The topological polar surface area (TPSA) is 73.9 Å². The van der Waals surface area contributed by atoms with E-state index < -0.39 is 0 Å². The molecular weight excluding hydrogens is 230 g/mol. The molecule has 6 heteroatoms. The molecule has 2 heterocycles. The smallest absolute Gasteiger partial charge is 0.254 e. The van der Waals surface area contributed by atoms with Crippen LogP contribution in [0.4, 0.5) is 5.82 Å². The fourth-order valence-corrected chi connectivity index (χ4v) is 1.63. The third-order valence-corrected chi connectivity index (χ3v) is 2.58. The average Bonchev–Trinajstić information content (AvgIpc) is 2.90. The van der Waals surface area contributed by atoms with Crippen LogP contribution in [0.5, 0.6) is 0 Å². The minimum Gasteiger partial charge on any atom is -0.373 e. The summed E-state index contributed by atoms with van der Waals surface area (Å²) in [6, 6.07) is 3.43. The van der Waals surface area contributed by atoms with Crippen LogP contribution in [0.2, 0.25) is 0 Å². The normalized spacial score (nSPS) is 10.1. The van der Waals surface area contributed by atoms with E-state index in [1.165, 1.54) is 0 Å². The maximum Gasteiger partial charge on any atom is 0.254 e. The molecule has 2 aromatic heterocycles. The van der Waals surface area contributed by atoms with Gasteiger partial charge in [-0.15, -0.1) is 0 Å². The van der Waals surface area contributed by atoms with E-state index in [0.717, 1.165) is 5.56 Å². The van der Waals surface area contributed by atoms with Gasteiger partial charge in [-0.3, -0.25) is 9.89 Å². The molecule has 0 radical (unpaired) electrons. The summed E-state index contributed by atoms with van der Waals surface area (Å²) in [5.41, 5.74) is 1.58. The zero-order chi connectivity index (χ0) is 13.0. The number of pyridine rings is 1. The Hall–Kier alpha value is -2.37. The molecule has 0 saturated carbocycles. The summed E-state index contributed by atoms with van der Waals surface area (Å²) < 4.78 is 0. The molecule has 0 aliphatic carbocycles. The Morgan fingerprint density at radius 3 is 3.06 bits per heavy atom. The lowest BCUT2D eigenvalue weighted by molar-refractivity contribution is 0.0785. The van der Waals surface area contributed by atoms with Crippen molar-refractivity contribution in [2.75, 3.05) is 19.4 Å². The minimum absolute atomic E-state index is 0.0462. The molecule has 0 spiro atoms. The molecule has 0 bridgehead atoms. The van der Waals surface area contributed by atoms with Crippen LogP contribution >= 0.6 is 0 Å². The van der Waals surface area contributed by atoms with Gasteiger partial charge in [0.2, 0.25) is 0 Å². The molecule has 0 aliphatic rings. The van der Waals surface area contributed by atoms with Crippen molar-refractivity contribution in [3.63, 3.8) is 0 Å². The third kappa shape index (κ3) is 2.65. The molecule has 0 unspecified atom stereocenters.